The number of nitrogens with two attached hydrogens (primary N) is 1. The number of nitrogens with zero attached hydrogens (tertiary/aromatic N) is 2. The maximum Gasteiger partial charge on any atom is 0.286 e. The molecule has 0 spiro atoms. The molecule has 1 aromatic carbocycles. The van der Waals surface area contributed by atoms with Crippen molar-refractivity contribution >= 4 is 5.91 Å². The molecule has 0 saturated heterocycles. The number of hydrogen-bond donors (Lipinski definition) is 1. The molecule has 2 rings (SSSR count). The Hall–Kier alpha value is -2.23. The van der Waals surface area contributed by atoms with E-state index in [-0.39, 0.29) is 5.82 Å². The number of carbonyl (C=O) groups is 1. The van der Waals surface area contributed by atoms with Gasteiger partial charge < -0.3 is 5.73 Å². The lowest BCUT2D eigenvalue weighted by Gasteiger charge is -2.09. The molecule has 0 aliphatic carbocycles. The topological polar surface area (TPSA) is 68.9 Å². The van der Waals surface area contributed by atoms with E-state index in [1.54, 1.807) is 12.3 Å². The number of benzene rings is 1. The number of hydrogen-bond acceptors (Lipinski definition) is 3. The van der Waals surface area contributed by atoms with Crippen molar-refractivity contribution in [1.82, 2.24) is 9.97 Å². The second kappa shape index (κ2) is 5.61. The lowest BCUT2D eigenvalue weighted by atomic mass is 9.97. The van der Waals surface area contributed by atoms with Crippen molar-refractivity contribution in [1.29, 1.82) is 0 Å². The molecule has 1 heterocycles. The molecule has 0 aliphatic rings. The van der Waals surface area contributed by atoms with Gasteiger partial charge in [-0.15, -0.1) is 0 Å². The molecule has 0 aliphatic heterocycles. The minimum atomic E-state index is -0.613. The summed E-state index contributed by atoms with van der Waals surface area (Å²) in [6.07, 6.45) is 2.66. The fourth-order valence-electron chi connectivity index (χ4n) is 1.86. The summed E-state index contributed by atoms with van der Waals surface area (Å²) in [6, 6.07) is 9.97. The van der Waals surface area contributed by atoms with E-state index in [0.29, 0.717) is 11.6 Å². The summed E-state index contributed by atoms with van der Waals surface area (Å²) in [6.45, 7) is 4.37. The van der Waals surface area contributed by atoms with E-state index >= 15 is 0 Å². The standard InChI is InChI=1S/C15H17N3O/c1-3-10(2)11-4-6-12(7-5-11)13-8-9-17-15(18-13)14(16)19/h4-10H,3H2,1-2H3,(H2,16,19). The van der Waals surface area contributed by atoms with Crippen molar-refractivity contribution < 1.29 is 4.79 Å². The quantitative estimate of drug-likeness (QED) is 0.913. The number of rotatable bonds is 4. The number of amides is 1. The van der Waals surface area contributed by atoms with E-state index < -0.39 is 5.91 Å². The van der Waals surface area contributed by atoms with Gasteiger partial charge in [0, 0.05) is 11.8 Å². The van der Waals surface area contributed by atoms with Crippen LogP contribution >= 0.6 is 0 Å². The lowest BCUT2D eigenvalue weighted by molar-refractivity contribution is 0.0990. The Morgan fingerprint density at radius 1 is 1.26 bits per heavy atom. The summed E-state index contributed by atoms with van der Waals surface area (Å²) in [4.78, 5) is 19.1. The first-order chi connectivity index (χ1) is 9.11. The summed E-state index contributed by atoms with van der Waals surface area (Å²) < 4.78 is 0. The lowest BCUT2D eigenvalue weighted by Crippen LogP contribution is -2.15. The van der Waals surface area contributed by atoms with Crippen molar-refractivity contribution in [3.05, 3.63) is 47.9 Å². The molecule has 1 aromatic heterocycles. The third-order valence-corrected chi connectivity index (χ3v) is 3.26. The van der Waals surface area contributed by atoms with Crippen LogP contribution in [0.3, 0.4) is 0 Å². The normalized spacial score (nSPS) is 12.1. The maximum absolute atomic E-state index is 11.1. The average molecular weight is 255 g/mol. The zero-order valence-electron chi connectivity index (χ0n) is 11.1. The predicted octanol–water partition coefficient (Wildman–Crippen LogP) is 2.76. The average Bonchev–Trinajstić information content (AvgIpc) is 2.46. The third-order valence-electron chi connectivity index (χ3n) is 3.26. The molecule has 0 saturated carbocycles. The van der Waals surface area contributed by atoms with Crippen LogP contribution in [-0.2, 0) is 0 Å². The summed E-state index contributed by atoms with van der Waals surface area (Å²) in [5, 5.41) is 0. The SMILES string of the molecule is CCC(C)c1ccc(-c2ccnc(C(N)=O)n2)cc1. The molecule has 1 atom stereocenters. The maximum atomic E-state index is 11.1. The van der Waals surface area contributed by atoms with Crippen molar-refractivity contribution in [2.45, 2.75) is 26.2 Å². The molecule has 0 radical (unpaired) electrons. The van der Waals surface area contributed by atoms with Crippen LogP contribution in [-0.4, -0.2) is 15.9 Å². The Bertz CT molecular complexity index is 578. The highest BCUT2D eigenvalue weighted by Gasteiger charge is 2.07. The van der Waals surface area contributed by atoms with Gasteiger partial charge in [0.15, 0.2) is 0 Å². The van der Waals surface area contributed by atoms with Gasteiger partial charge in [0.2, 0.25) is 5.82 Å². The minimum absolute atomic E-state index is 0.0449. The molecule has 1 amide bonds. The zero-order chi connectivity index (χ0) is 13.8. The van der Waals surface area contributed by atoms with Crippen molar-refractivity contribution in [2.24, 2.45) is 5.73 Å². The molecular weight excluding hydrogens is 238 g/mol. The highest BCUT2D eigenvalue weighted by Crippen LogP contribution is 2.22. The molecule has 0 fully saturated rings. The summed E-state index contributed by atoms with van der Waals surface area (Å²) in [5.41, 5.74) is 8.14. The van der Waals surface area contributed by atoms with Gasteiger partial charge in [0.05, 0.1) is 5.69 Å². The third kappa shape index (κ3) is 2.96. The van der Waals surface area contributed by atoms with Gasteiger partial charge in [-0.2, -0.15) is 0 Å². The molecule has 2 N–H and O–H groups in total. The van der Waals surface area contributed by atoms with Gasteiger partial charge >= 0.3 is 0 Å². The fraction of sp³-hybridized carbons (Fsp3) is 0.267. The zero-order valence-corrected chi connectivity index (χ0v) is 11.1. The second-order valence-corrected chi connectivity index (χ2v) is 4.56. The van der Waals surface area contributed by atoms with Crippen LogP contribution in [0.2, 0.25) is 0 Å². The van der Waals surface area contributed by atoms with Gasteiger partial charge in [-0.3, -0.25) is 4.79 Å². The molecule has 98 valence electrons. The predicted molar refractivity (Wildman–Crippen MR) is 74.7 cm³/mol. The van der Waals surface area contributed by atoms with Crippen molar-refractivity contribution in [3.63, 3.8) is 0 Å². The van der Waals surface area contributed by atoms with Gasteiger partial charge in [-0.05, 0) is 24.0 Å². The fourth-order valence-corrected chi connectivity index (χ4v) is 1.86. The van der Waals surface area contributed by atoms with E-state index in [1.165, 1.54) is 5.56 Å². The summed E-state index contributed by atoms with van der Waals surface area (Å²) >= 11 is 0. The molecule has 2 aromatic rings. The monoisotopic (exact) mass is 255 g/mol. The molecule has 19 heavy (non-hydrogen) atoms. The van der Waals surface area contributed by atoms with Gasteiger partial charge in [0.1, 0.15) is 0 Å². The van der Waals surface area contributed by atoms with E-state index in [2.05, 4.69) is 35.9 Å². The van der Waals surface area contributed by atoms with Crippen LogP contribution in [0.1, 0.15) is 42.4 Å². The first-order valence-corrected chi connectivity index (χ1v) is 6.35. The molecular formula is C15H17N3O. The highest BCUT2D eigenvalue weighted by atomic mass is 16.1. The van der Waals surface area contributed by atoms with Crippen LogP contribution in [0.25, 0.3) is 11.3 Å². The Kier molecular flexibility index (Phi) is 3.90. The molecule has 4 nitrogen and oxygen atoms in total. The number of carbonyl (C=O) groups excluding carboxylic acids is 1. The van der Waals surface area contributed by atoms with Crippen LogP contribution in [0.4, 0.5) is 0 Å². The van der Waals surface area contributed by atoms with E-state index in [4.69, 9.17) is 5.73 Å². The van der Waals surface area contributed by atoms with Gasteiger partial charge in [0.25, 0.3) is 5.91 Å². The van der Waals surface area contributed by atoms with Crippen LogP contribution in [0.5, 0.6) is 0 Å². The van der Waals surface area contributed by atoms with Crippen molar-refractivity contribution in [3.8, 4) is 11.3 Å². The Morgan fingerprint density at radius 2 is 1.95 bits per heavy atom. The Labute approximate surface area is 112 Å². The minimum Gasteiger partial charge on any atom is -0.363 e. The smallest absolute Gasteiger partial charge is 0.286 e. The number of aromatic nitrogens is 2. The van der Waals surface area contributed by atoms with E-state index in [1.807, 2.05) is 12.1 Å². The Balaban J connectivity index is 2.32. The van der Waals surface area contributed by atoms with E-state index in [9.17, 15) is 4.79 Å². The van der Waals surface area contributed by atoms with Crippen molar-refractivity contribution in [2.75, 3.05) is 0 Å². The molecule has 1 unspecified atom stereocenters. The highest BCUT2D eigenvalue weighted by molar-refractivity contribution is 5.89. The first-order valence-electron chi connectivity index (χ1n) is 6.35. The molecule has 4 heteroatoms. The van der Waals surface area contributed by atoms with Gasteiger partial charge in [-0.1, -0.05) is 38.1 Å². The largest absolute Gasteiger partial charge is 0.363 e. The van der Waals surface area contributed by atoms with Gasteiger partial charge in [-0.25, -0.2) is 9.97 Å². The first kappa shape index (κ1) is 13.2. The second-order valence-electron chi connectivity index (χ2n) is 4.56. The van der Waals surface area contributed by atoms with Crippen LogP contribution in [0, 0.1) is 0 Å². The van der Waals surface area contributed by atoms with Crippen LogP contribution < -0.4 is 5.73 Å². The van der Waals surface area contributed by atoms with E-state index in [0.717, 1.165) is 12.0 Å². The Morgan fingerprint density at radius 3 is 2.53 bits per heavy atom. The molecule has 0 bridgehead atoms. The number of primary amides is 1. The summed E-state index contributed by atoms with van der Waals surface area (Å²) in [5.74, 6) is -0.0257. The van der Waals surface area contributed by atoms with Crippen LogP contribution in [0.15, 0.2) is 36.5 Å². The summed E-state index contributed by atoms with van der Waals surface area (Å²) in [7, 11) is 0.